The molecule has 2 atom stereocenters. The Labute approximate surface area is 213 Å². The summed E-state index contributed by atoms with van der Waals surface area (Å²) in [5, 5.41) is 2.93. The van der Waals surface area contributed by atoms with E-state index in [1.165, 1.54) is 11.8 Å². The molecule has 0 spiro atoms. The van der Waals surface area contributed by atoms with Crippen molar-refractivity contribution in [2.75, 3.05) is 19.5 Å². The van der Waals surface area contributed by atoms with E-state index >= 15 is 0 Å². The Morgan fingerprint density at radius 3 is 2.33 bits per heavy atom. The number of anilines is 1. The van der Waals surface area contributed by atoms with Crippen molar-refractivity contribution in [2.45, 2.75) is 18.2 Å². The second kappa shape index (κ2) is 9.87. The lowest BCUT2D eigenvalue weighted by atomic mass is 10.0. The number of carbonyl (C=O) groups excluding carboxylic acids is 2. The van der Waals surface area contributed by atoms with Gasteiger partial charge < -0.3 is 14.8 Å². The van der Waals surface area contributed by atoms with Crippen LogP contribution >= 0.6 is 11.8 Å². The number of rotatable bonds is 6. The molecule has 3 aromatic carbocycles. The molecular weight excluding hydrogens is 476 g/mol. The van der Waals surface area contributed by atoms with Crippen molar-refractivity contribution >= 4 is 46.0 Å². The monoisotopic (exact) mass is 500 g/mol. The summed E-state index contributed by atoms with van der Waals surface area (Å²) >= 11 is 1.28. The van der Waals surface area contributed by atoms with Gasteiger partial charge in [-0.3, -0.25) is 14.5 Å². The number of amidine groups is 2. The van der Waals surface area contributed by atoms with Crippen LogP contribution in [0.1, 0.15) is 24.1 Å². The third-order valence-corrected chi connectivity index (χ3v) is 6.96. The zero-order chi connectivity index (χ0) is 25.2. The van der Waals surface area contributed by atoms with Crippen molar-refractivity contribution in [3.05, 3.63) is 83.9 Å². The van der Waals surface area contributed by atoms with Crippen LogP contribution in [0.2, 0.25) is 0 Å². The number of fused-ring (bicyclic) bond motifs is 3. The van der Waals surface area contributed by atoms with Gasteiger partial charge in [-0.15, -0.1) is 0 Å². The molecule has 0 aliphatic carbocycles. The highest BCUT2D eigenvalue weighted by Gasteiger charge is 2.43. The number of ether oxygens (including phenoxy) is 2. The van der Waals surface area contributed by atoms with Gasteiger partial charge >= 0.3 is 0 Å². The fourth-order valence-electron chi connectivity index (χ4n) is 4.11. The van der Waals surface area contributed by atoms with Crippen molar-refractivity contribution in [3.63, 3.8) is 0 Å². The quantitative estimate of drug-likeness (QED) is 0.523. The van der Waals surface area contributed by atoms with Crippen molar-refractivity contribution < 1.29 is 19.1 Å². The van der Waals surface area contributed by atoms with Crippen molar-refractivity contribution in [1.29, 1.82) is 0 Å². The Morgan fingerprint density at radius 1 is 0.972 bits per heavy atom. The average Bonchev–Trinajstić information content (AvgIpc) is 3.26. The molecule has 2 unspecified atom stereocenters. The molecule has 0 radical (unpaired) electrons. The zero-order valence-electron chi connectivity index (χ0n) is 20.0. The van der Waals surface area contributed by atoms with Gasteiger partial charge in [-0.1, -0.05) is 54.2 Å². The summed E-state index contributed by atoms with van der Waals surface area (Å²) in [6.07, 6.45) is 0. The predicted molar refractivity (Wildman–Crippen MR) is 141 cm³/mol. The number of amides is 2. The molecule has 2 amide bonds. The number of para-hydroxylation sites is 1. The molecule has 9 heteroatoms. The van der Waals surface area contributed by atoms with Gasteiger partial charge in [-0.25, -0.2) is 4.99 Å². The van der Waals surface area contributed by atoms with Crippen LogP contribution in [0, 0.1) is 0 Å². The highest BCUT2D eigenvalue weighted by molar-refractivity contribution is 8.14. The summed E-state index contributed by atoms with van der Waals surface area (Å²) in [7, 11) is 3.11. The van der Waals surface area contributed by atoms with Crippen LogP contribution in [0.25, 0.3) is 0 Å². The number of thioether (sulfide) groups is 1. The lowest BCUT2D eigenvalue weighted by Crippen LogP contribution is -2.40. The number of hydrogen-bond donors (Lipinski definition) is 1. The molecule has 0 aromatic heterocycles. The first kappa shape index (κ1) is 23.6. The lowest BCUT2D eigenvalue weighted by Gasteiger charge is -2.32. The van der Waals surface area contributed by atoms with Crippen LogP contribution in [0.4, 0.5) is 11.4 Å². The van der Waals surface area contributed by atoms with E-state index in [1.54, 1.807) is 39.3 Å². The highest BCUT2D eigenvalue weighted by atomic mass is 32.2. The molecule has 5 rings (SSSR count). The van der Waals surface area contributed by atoms with E-state index in [4.69, 9.17) is 14.5 Å². The third kappa shape index (κ3) is 4.45. The zero-order valence-corrected chi connectivity index (χ0v) is 20.8. The van der Waals surface area contributed by atoms with Gasteiger partial charge in [0, 0.05) is 29.4 Å². The number of aliphatic imine (C=N–C) groups is 2. The van der Waals surface area contributed by atoms with E-state index in [-0.39, 0.29) is 11.8 Å². The number of benzene rings is 3. The van der Waals surface area contributed by atoms with Crippen LogP contribution in [0.15, 0.2) is 82.8 Å². The first-order valence-corrected chi connectivity index (χ1v) is 12.2. The maximum atomic E-state index is 13.2. The Bertz CT molecular complexity index is 1370. The van der Waals surface area contributed by atoms with Crippen molar-refractivity contribution in [2.24, 2.45) is 9.98 Å². The first-order chi connectivity index (χ1) is 17.5. The van der Waals surface area contributed by atoms with E-state index < -0.39 is 11.3 Å². The van der Waals surface area contributed by atoms with E-state index in [9.17, 15) is 9.59 Å². The number of carbonyl (C=O) groups is 2. The number of nitrogens with zero attached hydrogens (tertiary/aromatic N) is 3. The van der Waals surface area contributed by atoms with Crippen LogP contribution in [-0.2, 0) is 9.59 Å². The van der Waals surface area contributed by atoms with Gasteiger partial charge in [0.15, 0.2) is 5.17 Å². The summed E-state index contributed by atoms with van der Waals surface area (Å²) in [4.78, 5) is 37.3. The van der Waals surface area contributed by atoms with Crippen LogP contribution in [0.5, 0.6) is 11.5 Å². The molecule has 3 aromatic rings. The third-order valence-electron chi connectivity index (χ3n) is 5.89. The predicted octanol–water partition coefficient (Wildman–Crippen LogP) is 4.80. The summed E-state index contributed by atoms with van der Waals surface area (Å²) in [6.45, 7) is 1.80. The first-order valence-electron chi connectivity index (χ1n) is 11.3. The van der Waals surface area contributed by atoms with Gasteiger partial charge in [0.05, 0.1) is 25.2 Å². The van der Waals surface area contributed by atoms with Crippen LogP contribution < -0.4 is 14.8 Å². The maximum absolute atomic E-state index is 13.2. The fraction of sp³-hybridized carbons (Fsp3) is 0.185. The van der Waals surface area contributed by atoms with Gasteiger partial charge in [0.25, 0.3) is 5.91 Å². The van der Waals surface area contributed by atoms with Crippen LogP contribution in [0.3, 0.4) is 0 Å². The fourth-order valence-corrected chi connectivity index (χ4v) is 5.04. The molecule has 2 heterocycles. The summed E-state index contributed by atoms with van der Waals surface area (Å²) in [6, 6.07) is 21.6. The van der Waals surface area contributed by atoms with Gasteiger partial charge in [0.2, 0.25) is 5.91 Å². The number of hydrogen-bond acceptors (Lipinski definition) is 7. The minimum atomic E-state index is -0.640. The van der Waals surface area contributed by atoms with E-state index in [2.05, 4.69) is 10.3 Å². The second-order valence-corrected chi connectivity index (χ2v) is 9.53. The Kier molecular flexibility index (Phi) is 6.47. The molecule has 0 fully saturated rings. The topological polar surface area (TPSA) is 92.6 Å². The van der Waals surface area contributed by atoms with E-state index in [0.717, 1.165) is 11.1 Å². The molecule has 0 bridgehead atoms. The second-order valence-electron chi connectivity index (χ2n) is 8.22. The minimum absolute atomic E-state index is 0.225. The molecule has 36 heavy (non-hydrogen) atoms. The summed E-state index contributed by atoms with van der Waals surface area (Å²) < 4.78 is 10.6. The van der Waals surface area contributed by atoms with E-state index in [0.29, 0.717) is 33.9 Å². The van der Waals surface area contributed by atoms with Gasteiger partial charge in [-0.2, -0.15) is 4.99 Å². The lowest BCUT2D eigenvalue weighted by molar-refractivity contribution is -0.119. The van der Waals surface area contributed by atoms with Crippen molar-refractivity contribution in [3.8, 4) is 11.5 Å². The number of nitrogens with one attached hydrogen (secondary N) is 1. The number of methoxy groups -OCH3 is 2. The molecule has 2 aliphatic heterocycles. The molecule has 2 aliphatic rings. The molecular formula is C27H24N4O4S. The molecule has 0 saturated carbocycles. The molecule has 0 saturated heterocycles. The van der Waals surface area contributed by atoms with Crippen LogP contribution in [-0.4, -0.2) is 47.2 Å². The summed E-state index contributed by atoms with van der Waals surface area (Å²) in [5.74, 6) is 1.20. The Balaban J connectivity index is 1.44. The Hall–Kier alpha value is -4.11. The highest BCUT2D eigenvalue weighted by Crippen LogP contribution is 2.40. The normalized spacial score (nSPS) is 16.9. The molecule has 182 valence electrons. The van der Waals surface area contributed by atoms with Gasteiger partial charge in [-0.05, 0) is 24.6 Å². The Morgan fingerprint density at radius 2 is 1.64 bits per heavy atom. The molecule has 1 N–H and O–H groups in total. The van der Waals surface area contributed by atoms with E-state index in [1.807, 2.05) is 59.5 Å². The minimum Gasteiger partial charge on any atom is -0.497 e. The standard InChI is InChI=1S/C27H24N4O4S/c1-16(25(32)28-18-13-19(34-2)15-20(14-18)35-3)36-27-29-22-12-8-7-11-21(22)24-30-26(33)23(31(24)27)17-9-5-4-6-10-17/h4-16,23H,1-3H3,(H,28,32). The smallest absolute Gasteiger partial charge is 0.275 e. The van der Waals surface area contributed by atoms with Gasteiger partial charge in [0.1, 0.15) is 23.4 Å². The average molecular weight is 501 g/mol. The maximum Gasteiger partial charge on any atom is 0.275 e. The summed E-state index contributed by atoms with van der Waals surface area (Å²) in [5.41, 5.74) is 2.87. The van der Waals surface area contributed by atoms with Crippen molar-refractivity contribution in [1.82, 2.24) is 4.90 Å². The SMILES string of the molecule is COc1cc(NC(=O)C(C)SC2=Nc3ccccc3C3=NC(=O)C(c4ccccc4)N23)cc(OC)c1. The molecule has 8 nitrogen and oxygen atoms in total. The largest absolute Gasteiger partial charge is 0.497 e.